The molecule has 0 radical (unpaired) electrons. The third kappa shape index (κ3) is 11.3. The molecule has 0 bridgehead atoms. The molecule has 236 valence electrons. The second kappa shape index (κ2) is 19.0. The minimum absolute atomic E-state index is 0.0217. The molecule has 0 aromatic heterocycles. The van der Waals surface area contributed by atoms with Gasteiger partial charge in [0.1, 0.15) is 6.10 Å². The number of hydrogen-bond donors (Lipinski definition) is 1. The maximum atomic E-state index is 13.1. The summed E-state index contributed by atoms with van der Waals surface area (Å²) in [4.78, 5) is 19.9. The monoisotopic (exact) mass is 571 g/mol. The predicted octanol–water partition coefficient (Wildman–Crippen LogP) is 10.7. The van der Waals surface area contributed by atoms with E-state index in [2.05, 4.69) is 89.2 Å². The van der Waals surface area contributed by atoms with Crippen molar-refractivity contribution >= 4 is 5.91 Å². The van der Waals surface area contributed by atoms with E-state index in [0.29, 0.717) is 6.42 Å². The molecule has 1 amide bonds. The topological polar surface area (TPSA) is 41.6 Å². The van der Waals surface area contributed by atoms with Crippen LogP contribution in [0.3, 0.4) is 0 Å². The molecule has 5 atom stereocenters. The summed E-state index contributed by atoms with van der Waals surface area (Å²) in [7, 11) is 0. The van der Waals surface area contributed by atoms with Gasteiger partial charge in [-0.05, 0) is 57.9 Å². The van der Waals surface area contributed by atoms with Crippen molar-refractivity contribution < 1.29 is 9.63 Å². The molecule has 1 aromatic carbocycles. The highest BCUT2D eigenvalue weighted by Gasteiger charge is 2.54. The van der Waals surface area contributed by atoms with Gasteiger partial charge in [-0.1, -0.05) is 141 Å². The zero-order valence-corrected chi connectivity index (χ0v) is 28.1. The number of amides is 1. The Morgan fingerprint density at radius 1 is 0.854 bits per heavy atom. The van der Waals surface area contributed by atoms with E-state index < -0.39 is 0 Å². The van der Waals surface area contributed by atoms with E-state index in [-0.39, 0.29) is 35.0 Å². The summed E-state index contributed by atoms with van der Waals surface area (Å²) in [5.74, 6) is 0.514. The fraction of sp³-hybridized carbons (Fsp3) is 0.811. The maximum absolute atomic E-state index is 13.1. The molecule has 4 nitrogen and oxygen atoms in total. The Morgan fingerprint density at radius 2 is 1.37 bits per heavy atom. The maximum Gasteiger partial charge on any atom is 0.220 e. The van der Waals surface area contributed by atoms with E-state index in [9.17, 15) is 4.79 Å². The first-order valence-electron chi connectivity index (χ1n) is 17.5. The normalized spacial score (nSPS) is 25.7. The van der Waals surface area contributed by atoms with Gasteiger partial charge in [0.05, 0.1) is 0 Å². The molecule has 1 N–H and O–H groups in total. The first-order chi connectivity index (χ1) is 19.7. The molecule has 1 aliphatic rings. The van der Waals surface area contributed by atoms with Crippen LogP contribution >= 0.6 is 0 Å². The van der Waals surface area contributed by atoms with Crippen molar-refractivity contribution in [3.63, 3.8) is 0 Å². The van der Waals surface area contributed by atoms with Gasteiger partial charge in [-0.15, -0.1) is 0 Å². The molecule has 0 aliphatic carbocycles. The molecular weight excluding hydrogens is 504 g/mol. The van der Waals surface area contributed by atoms with Crippen LogP contribution in [0, 0.1) is 5.92 Å². The van der Waals surface area contributed by atoms with Gasteiger partial charge in [0.15, 0.2) is 0 Å². The molecule has 2 rings (SSSR count). The summed E-state index contributed by atoms with van der Waals surface area (Å²) in [6.07, 6.45) is 22.2. The summed E-state index contributed by atoms with van der Waals surface area (Å²) in [5.41, 5.74) is 0.882. The van der Waals surface area contributed by atoms with Gasteiger partial charge in [0.2, 0.25) is 5.91 Å². The number of benzene rings is 1. The zero-order chi connectivity index (χ0) is 30.1. The van der Waals surface area contributed by atoms with E-state index in [4.69, 9.17) is 4.84 Å². The number of carbonyl (C=O) groups excluding carboxylic acids is 1. The highest BCUT2D eigenvalue weighted by atomic mass is 16.7. The summed E-state index contributed by atoms with van der Waals surface area (Å²) >= 11 is 0. The first kappa shape index (κ1) is 35.8. The number of nitrogens with zero attached hydrogens (tertiary/aromatic N) is 1. The average Bonchev–Trinajstić information content (AvgIpc) is 2.98. The van der Waals surface area contributed by atoms with E-state index in [1.165, 1.54) is 89.0 Å². The molecule has 1 saturated heterocycles. The molecule has 1 heterocycles. The first-order valence-corrected chi connectivity index (χ1v) is 17.5. The van der Waals surface area contributed by atoms with Crippen LogP contribution in [0.15, 0.2) is 30.3 Å². The lowest BCUT2D eigenvalue weighted by Crippen LogP contribution is -2.70. The van der Waals surface area contributed by atoms with Crippen molar-refractivity contribution in [1.82, 2.24) is 10.4 Å². The number of piperidine rings is 1. The summed E-state index contributed by atoms with van der Waals surface area (Å²) in [6, 6.07) is 10.7. The number of unbranched alkanes of at least 4 members (excludes halogenated alkanes) is 13. The summed E-state index contributed by atoms with van der Waals surface area (Å²) in [6.45, 7) is 15.9. The lowest BCUT2D eigenvalue weighted by Gasteiger charge is -2.60. The second-order valence-electron chi connectivity index (χ2n) is 13.5. The lowest BCUT2D eigenvalue weighted by molar-refractivity contribution is -0.327. The fourth-order valence-corrected chi connectivity index (χ4v) is 6.85. The standard InChI is InChI=1S/C37H66N2O2/c1-8-11-12-13-14-15-16-17-18-19-20-21-22-26-29-35(40)38-34-30-36(6,9-2)39(37(7,10-3)31(34)4)41-32(5)33-27-24-23-25-28-33/h23-25,27-28,31-32,34H,8-22,26,29-30H2,1-7H3,(H,38,40). The van der Waals surface area contributed by atoms with Crippen LogP contribution in [0.5, 0.6) is 0 Å². The highest BCUT2D eigenvalue weighted by molar-refractivity contribution is 5.76. The molecular formula is C37H66N2O2. The van der Waals surface area contributed by atoms with Crippen molar-refractivity contribution in [3.8, 4) is 0 Å². The molecule has 4 heteroatoms. The third-order valence-electron chi connectivity index (χ3n) is 10.3. The van der Waals surface area contributed by atoms with Gasteiger partial charge in [-0.25, -0.2) is 0 Å². The van der Waals surface area contributed by atoms with Crippen LogP contribution in [0.1, 0.15) is 176 Å². The predicted molar refractivity (Wildman–Crippen MR) is 176 cm³/mol. The SMILES string of the molecule is CCCCCCCCCCCCCCCCC(=O)NC1CC(C)(CC)N(OC(C)c2ccccc2)C(C)(CC)C1C. The quantitative estimate of drug-likeness (QED) is 0.149. The number of nitrogens with one attached hydrogen (secondary N) is 1. The lowest BCUT2D eigenvalue weighted by atomic mass is 9.68. The Bertz CT molecular complexity index is 829. The number of hydrogen-bond acceptors (Lipinski definition) is 3. The summed E-state index contributed by atoms with van der Waals surface area (Å²) in [5, 5.41) is 5.80. The van der Waals surface area contributed by atoms with Crippen LogP contribution in [0.2, 0.25) is 0 Å². The van der Waals surface area contributed by atoms with Gasteiger partial charge in [0.25, 0.3) is 0 Å². The Labute approximate surface area is 254 Å². The van der Waals surface area contributed by atoms with Crippen LogP contribution in [-0.2, 0) is 9.63 Å². The van der Waals surface area contributed by atoms with Crippen molar-refractivity contribution in [2.45, 2.75) is 187 Å². The Morgan fingerprint density at radius 3 is 1.85 bits per heavy atom. The van der Waals surface area contributed by atoms with Crippen LogP contribution in [-0.4, -0.2) is 28.1 Å². The van der Waals surface area contributed by atoms with E-state index in [1.807, 2.05) is 0 Å². The summed E-state index contributed by atoms with van der Waals surface area (Å²) < 4.78 is 0. The minimum Gasteiger partial charge on any atom is -0.353 e. The van der Waals surface area contributed by atoms with Gasteiger partial charge < -0.3 is 5.32 Å². The van der Waals surface area contributed by atoms with Crippen molar-refractivity contribution in [1.29, 1.82) is 0 Å². The number of hydroxylamine groups is 2. The molecule has 1 fully saturated rings. The van der Waals surface area contributed by atoms with E-state index >= 15 is 0 Å². The molecule has 1 aromatic rings. The minimum atomic E-state index is -0.168. The largest absolute Gasteiger partial charge is 0.353 e. The molecule has 41 heavy (non-hydrogen) atoms. The molecule has 0 saturated carbocycles. The van der Waals surface area contributed by atoms with E-state index in [0.717, 1.165) is 25.7 Å². The van der Waals surface area contributed by atoms with Crippen LogP contribution in [0.4, 0.5) is 0 Å². The van der Waals surface area contributed by atoms with Crippen molar-refractivity contribution in [2.24, 2.45) is 5.92 Å². The highest BCUT2D eigenvalue weighted by Crippen LogP contribution is 2.47. The van der Waals surface area contributed by atoms with Gasteiger partial charge in [0, 0.05) is 23.5 Å². The van der Waals surface area contributed by atoms with E-state index in [1.54, 1.807) is 0 Å². The fourth-order valence-electron chi connectivity index (χ4n) is 6.85. The third-order valence-corrected chi connectivity index (χ3v) is 10.3. The average molecular weight is 571 g/mol. The molecule has 0 spiro atoms. The number of carbonyl (C=O) groups is 1. The van der Waals surface area contributed by atoms with Gasteiger partial charge >= 0.3 is 0 Å². The second-order valence-corrected chi connectivity index (χ2v) is 13.5. The zero-order valence-electron chi connectivity index (χ0n) is 28.1. The van der Waals surface area contributed by atoms with Crippen molar-refractivity contribution in [3.05, 3.63) is 35.9 Å². The Balaban J connectivity index is 1.74. The van der Waals surface area contributed by atoms with Crippen molar-refractivity contribution in [2.75, 3.05) is 0 Å². The molecule has 1 aliphatic heterocycles. The number of rotatable bonds is 21. The van der Waals surface area contributed by atoms with Crippen LogP contribution in [0.25, 0.3) is 0 Å². The van der Waals surface area contributed by atoms with Gasteiger partial charge in [-0.2, -0.15) is 5.06 Å². The molecule has 5 unspecified atom stereocenters. The van der Waals surface area contributed by atoms with Crippen LogP contribution < -0.4 is 5.32 Å². The Kier molecular flexibility index (Phi) is 16.6. The van der Waals surface area contributed by atoms with Gasteiger partial charge in [-0.3, -0.25) is 9.63 Å². The Hall–Kier alpha value is -1.39. The smallest absolute Gasteiger partial charge is 0.220 e.